The Morgan fingerprint density at radius 1 is 1.07 bits per heavy atom. The molecule has 0 spiro atoms. The van der Waals surface area contributed by atoms with Gasteiger partial charge in [0.05, 0.1) is 6.61 Å². The molecule has 77 valence electrons. The summed E-state index contributed by atoms with van der Waals surface area (Å²) in [4.78, 5) is 0. The molecule has 0 aliphatic rings. The molecule has 0 atom stereocenters. The van der Waals surface area contributed by atoms with Gasteiger partial charge >= 0.3 is 0 Å². The Hall–Kier alpha value is -1.18. The summed E-state index contributed by atoms with van der Waals surface area (Å²) in [6, 6.07) is 7.49. The molecule has 0 N–H and O–H groups in total. The SMILES string of the molecule is [CH2]Oc1ccc(OCCCCC)cc1. The van der Waals surface area contributed by atoms with E-state index >= 15 is 0 Å². The van der Waals surface area contributed by atoms with Crippen LogP contribution in [0.3, 0.4) is 0 Å². The molecule has 0 bridgehead atoms. The van der Waals surface area contributed by atoms with Crippen molar-refractivity contribution in [2.75, 3.05) is 6.61 Å². The van der Waals surface area contributed by atoms with Gasteiger partial charge in [0, 0.05) is 0 Å². The fourth-order valence-corrected chi connectivity index (χ4v) is 1.17. The van der Waals surface area contributed by atoms with Crippen molar-refractivity contribution in [1.29, 1.82) is 0 Å². The average Bonchev–Trinajstić information content (AvgIpc) is 2.25. The monoisotopic (exact) mass is 193 g/mol. The standard InChI is InChI=1S/C12H17O2/c1-3-4-5-10-14-12-8-6-11(13-2)7-9-12/h6-9H,2-5,10H2,1H3. The lowest BCUT2D eigenvalue weighted by molar-refractivity contribution is 0.306. The Labute approximate surface area is 85.8 Å². The van der Waals surface area contributed by atoms with E-state index in [0.717, 1.165) is 24.5 Å². The maximum atomic E-state index is 5.53. The molecule has 1 aromatic rings. The van der Waals surface area contributed by atoms with Crippen LogP contribution in [0.4, 0.5) is 0 Å². The maximum Gasteiger partial charge on any atom is 0.122 e. The predicted octanol–water partition coefficient (Wildman–Crippen LogP) is 3.43. The molecule has 1 aromatic carbocycles. The quantitative estimate of drug-likeness (QED) is 0.644. The van der Waals surface area contributed by atoms with Crippen molar-refractivity contribution in [3.63, 3.8) is 0 Å². The van der Waals surface area contributed by atoms with Crippen molar-refractivity contribution in [3.05, 3.63) is 31.4 Å². The third kappa shape index (κ3) is 3.69. The number of rotatable bonds is 6. The van der Waals surface area contributed by atoms with E-state index in [4.69, 9.17) is 9.47 Å². The van der Waals surface area contributed by atoms with Gasteiger partial charge < -0.3 is 9.47 Å². The van der Waals surface area contributed by atoms with Crippen molar-refractivity contribution >= 4 is 0 Å². The molecule has 0 aliphatic carbocycles. The van der Waals surface area contributed by atoms with E-state index in [0.29, 0.717) is 0 Å². The van der Waals surface area contributed by atoms with Crippen molar-refractivity contribution < 1.29 is 9.47 Å². The van der Waals surface area contributed by atoms with Crippen LogP contribution in [0.15, 0.2) is 24.3 Å². The topological polar surface area (TPSA) is 18.5 Å². The van der Waals surface area contributed by atoms with E-state index in [1.165, 1.54) is 12.8 Å². The van der Waals surface area contributed by atoms with Gasteiger partial charge in [-0.25, -0.2) is 0 Å². The van der Waals surface area contributed by atoms with Gasteiger partial charge in [0.2, 0.25) is 0 Å². The molecule has 0 amide bonds. The molecule has 0 fully saturated rings. The third-order valence-electron chi connectivity index (χ3n) is 2.01. The first-order chi connectivity index (χ1) is 6.86. The molecule has 2 nitrogen and oxygen atoms in total. The van der Waals surface area contributed by atoms with Crippen LogP contribution in [0.1, 0.15) is 26.2 Å². The second-order valence-corrected chi connectivity index (χ2v) is 3.17. The molecule has 0 heterocycles. The highest BCUT2D eigenvalue weighted by Gasteiger charge is 1.94. The Morgan fingerprint density at radius 3 is 2.29 bits per heavy atom. The second kappa shape index (κ2) is 6.30. The van der Waals surface area contributed by atoms with Crippen LogP contribution in [0.5, 0.6) is 11.5 Å². The van der Waals surface area contributed by atoms with Crippen molar-refractivity contribution in [3.8, 4) is 11.5 Å². The Kier molecular flexibility index (Phi) is 4.90. The molecule has 0 aliphatic heterocycles. The summed E-state index contributed by atoms with van der Waals surface area (Å²) >= 11 is 0. The first kappa shape index (κ1) is 10.9. The number of ether oxygens (including phenoxy) is 2. The number of hydrogen-bond donors (Lipinski definition) is 0. The minimum atomic E-state index is 0.755. The third-order valence-corrected chi connectivity index (χ3v) is 2.01. The Bertz CT molecular complexity index is 241. The first-order valence-corrected chi connectivity index (χ1v) is 5.01. The van der Waals surface area contributed by atoms with Crippen LogP contribution in [0.25, 0.3) is 0 Å². The van der Waals surface area contributed by atoms with Crippen LogP contribution in [0.2, 0.25) is 0 Å². The highest BCUT2D eigenvalue weighted by atomic mass is 16.5. The fraction of sp³-hybridized carbons (Fsp3) is 0.417. The molecule has 0 saturated carbocycles. The summed E-state index contributed by atoms with van der Waals surface area (Å²) in [7, 11) is 3.33. The summed E-state index contributed by atoms with van der Waals surface area (Å²) < 4.78 is 10.3. The lowest BCUT2D eigenvalue weighted by atomic mass is 10.3. The van der Waals surface area contributed by atoms with Crippen LogP contribution in [-0.2, 0) is 0 Å². The zero-order chi connectivity index (χ0) is 10.2. The maximum absolute atomic E-state index is 5.53. The predicted molar refractivity (Wildman–Crippen MR) is 57.4 cm³/mol. The highest BCUT2D eigenvalue weighted by Crippen LogP contribution is 2.17. The zero-order valence-electron chi connectivity index (χ0n) is 8.66. The van der Waals surface area contributed by atoms with Crippen molar-refractivity contribution in [2.45, 2.75) is 26.2 Å². The van der Waals surface area contributed by atoms with E-state index in [9.17, 15) is 0 Å². The van der Waals surface area contributed by atoms with Gasteiger partial charge in [0.25, 0.3) is 0 Å². The summed E-state index contributed by atoms with van der Waals surface area (Å²) in [5.74, 6) is 1.65. The average molecular weight is 193 g/mol. The van der Waals surface area contributed by atoms with Gasteiger partial charge in [-0.3, -0.25) is 0 Å². The summed E-state index contributed by atoms with van der Waals surface area (Å²) in [5, 5.41) is 0. The molecule has 14 heavy (non-hydrogen) atoms. The van der Waals surface area contributed by atoms with Gasteiger partial charge in [-0.2, -0.15) is 0 Å². The van der Waals surface area contributed by atoms with E-state index in [-0.39, 0.29) is 0 Å². The Balaban J connectivity index is 2.29. The molecule has 1 radical (unpaired) electrons. The van der Waals surface area contributed by atoms with Crippen LogP contribution in [0, 0.1) is 7.11 Å². The van der Waals surface area contributed by atoms with E-state index in [2.05, 4.69) is 14.0 Å². The van der Waals surface area contributed by atoms with Crippen LogP contribution in [-0.4, -0.2) is 6.61 Å². The lowest BCUT2D eigenvalue weighted by Crippen LogP contribution is -1.96. The highest BCUT2D eigenvalue weighted by molar-refractivity contribution is 5.31. The number of hydrogen-bond acceptors (Lipinski definition) is 2. The zero-order valence-corrected chi connectivity index (χ0v) is 8.66. The molecule has 0 saturated heterocycles. The number of benzene rings is 1. The first-order valence-electron chi connectivity index (χ1n) is 5.01. The lowest BCUT2D eigenvalue weighted by Gasteiger charge is -2.06. The molecular formula is C12H17O2. The minimum Gasteiger partial charge on any atom is -0.494 e. The van der Waals surface area contributed by atoms with Gasteiger partial charge in [0.1, 0.15) is 18.6 Å². The van der Waals surface area contributed by atoms with Gasteiger partial charge in [-0.15, -0.1) is 0 Å². The summed E-state index contributed by atoms with van der Waals surface area (Å²) in [5.41, 5.74) is 0. The molecular weight excluding hydrogens is 176 g/mol. The van der Waals surface area contributed by atoms with Gasteiger partial charge in [0.15, 0.2) is 0 Å². The smallest absolute Gasteiger partial charge is 0.122 e. The van der Waals surface area contributed by atoms with Crippen molar-refractivity contribution in [1.82, 2.24) is 0 Å². The van der Waals surface area contributed by atoms with E-state index < -0.39 is 0 Å². The van der Waals surface area contributed by atoms with Gasteiger partial charge in [-0.1, -0.05) is 19.8 Å². The normalized spacial score (nSPS) is 9.86. The largest absolute Gasteiger partial charge is 0.494 e. The van der Waals surface area contributed by atoms with Crippen LogP contribution >= 0.6 is 0 Å². The second-order valence-electron chi connectivity index (χ2n) is 3.17. The van der Waals surface area contributed by atoms with E-state index in [1.54, 1.807) is 0 Å². The van der Waals surface area contributed by atoms with Crippen LogP contribution < -0.4 is 9.47 Å². The minimum absolute atomic E-state index is 0.755. The molecule has 2 heteroatoms. The molecule has 0 aromatic heterocycles. The molecule has 1 rings (SSSR count). The van der Waals surface area contributed by atoms with E-state index in [1.807, 2.05) is 24.3 Å². The Morgan fingerprint density at radius 2 is 1.71 bits per heavy atom. The molecule has 0 unspecified atom stereocenters. The number of unbranched alkanes of at least 4 members (excludes halogenated alkanes) is 2. The van der Waals surface area contributed by atoms with Crippen molar-refractivity contribution in [2.24, 2.45) is 0 Å². The summed E-state index contributed by atoms with van der Waals surface area (Å²) in [6.07, 6.45) is 3.56. The van der Waals surface area contributed by atoms with Gasteiger partial charge in [-0.05, 0) is 30.7 Å². The summed E-state index contributed by atoms with van der Waals surface area (Å²) in [6.45, 7) is 2.97. The fourth-order valence-electron chi connectivity index (χ4n) is 1.17.